The van der Waals surface area contributed by atoms with Gasteiger partial charge in [-0.05, 0) is 48.3 Å². The molecule has 2 fully saturated rings. The summed E-state index contributed by atoms with van der Waals surface area (Å²) < 4.78 is 30.5. The molecule has 5 rings (SSSR count). The van der Waals surface area contributed by atoms with Crippen LogP contribution >= 0.6 is 27.3 Å². The Morgan fingerprint density at radius 1 is 1.16 bits per heavy atom. The van der Waals surface area contributed by atoms with Crippen LogP contribution in [0.25, 0.3) is 10.6 Å². The molecule has 8 nitrogen and oxygen atoms in total. The number of carbonyl (C=O) groups is 2. The highest BCUT2D eigenvalue weighted by atomic mass is 79.9. The van der Waals surface area contributed by atoms with Crippen LogP contribution in [0.1, 0.15) is 38.7 Å². The lowest BCUT2D eigenvalue weighted by Crippen LogP contribution is -2.50. The number of nitrogens with zero attached hydrogens (tertiary/aromatic N) is 2. The highest BCUT2D eigenvalue weighted by Gasteiger charge is 2.65. The zero-order valence-electron chi connectivity index (χ0n) is 21.1. The summed E-state index contributed by atoms with van der Waals surface area (Å²) in [6, 6.07) is 15.7. The highest BCUT2D eigenvalue weighted by molar-refractivity contribution is 9.10. The van der Waals surface area contributed by atoms with Crippen LogP contribution in [0.2, 0.25) is 0 Å². The second-order valence-electron chi connectivity index (χ2n) is 10.7. The van der Waals surface area contributed by atoms with Gasteiger partial charge in [0, 0.05) is 21.9 Å². The Kier molecular flexibility index (Phi) is 7.32. The first-order valence-electron chi connectivity index (χ1n) is 12.5. The lowest BCUT2D eigenvalue weighted by molar-refractivity contribution is -0.128. The number of carbonyl (C=O) groups excluding carboxylic acids is 2. The van der Waals surface area contributed by atoms with Crippen molar-refractivity contribution in [2.24, 2.45) is 16.7 Å². The number of aromatic nitrogens is 2. The van der Waals surface area contributed by atoms with Crippen molar-refractivity contribution in [3.63, 3.8) is 0 Å². The molecule has 2 aliphatic carbocycles. The molecule has 0 saturated heterocycles. The molecule has 0 aliphatic heterocycles. The van der Waals surface area contributed by atoms with Crippen molar-refractivity contribution in [2.45, 2.75) is 45.6 Å². The van der Waals surface area contributed by atoms with Crippen molar-refractivity contribution < 1.29 is 18.0 Å². The third-order valence-electron chi connectivity index (χ3n) is 8.22. The van der Waals surface area contributed by atoms with E-state index in [4.69, 9.17) is 0 Å². The van der Waals surface area contributed by atoms with Gasteiger partial charge in [0.1, 0.15) is 16.8 Å². The highest BCUT2D eigenvalue weighted by Crippen LogP contribution is 2.64. The van der Waals surface area contributed by atoms with Crippen molar-refractivity contribution in [1.82, 2.24) is 14.9 Å². The maximum absolute atomic E-state index is 13.5. The van der Waals surface area contributed by atoms with Crippen molar-refractivity contribution in [1.29, 1.82) is 0 Å². The lowest BCUT2D eigenvalue weighted by atomic mass is 9.70. The molecule has 1 amide bonds. The number of Topliss-reactive ketones (excluding diaryl/α,β-unsaturated/α-hetero) is 1. The smallest absolute Gasteiger partial charge is 0.244 e. The monoisotopic (exact) mass is 616 g/mol. The van der Waals surface area contributed by atoms with Crippen LogP contribution in [0.5, 0.6) is 0 Å². The van der Waals surface area contributed by atoms with Gasteiger partial charge in [-0.25, -0.2) is 13.1 Å². The summed E-state index contributed by atoms with van der Waals surface area (Å²) in [5.41, 5.74) is 0.330. The van der Waals surface area contributed by atoms with Gasteiger partial charge in [0.05, 0.1) is 5.75 Å². The average molecular weight is 618 g/mol. The fourth-order valence-corrected chi connectivity index (χ4v) is 9.11. The molecule has 0 radical (unpaired) electrons. The Hall–Kier alpha value is -2.47. The third-order valence-corrected chi connectivity index (χ3v) is 11.1. The molecular weight excluding hydrogens is 588 g/mol. The molecule has 2 aromatic carbocycles. The van der Waals surface area contributed by atoms with Crippen LogP contribution in [0, 0.1) is 16.7 Å². The number of benzene rings is 2. The number of amides is 1. The van der Waals surface area contributed by atoms with E-state index in [9.17, 15) is 18.0 Å². The fraction of sp³-hybridized carbons (Fsp3) is 0.407. The molecule has 2 saturated carbocycles. The summed E-state index contributed by atoms with van der Waals surface area (Å²) in [5.74, 6) is -0.632. The molecule has 3 aromatic rings. The maximum Gasteiger partial charge on any atom is 0.244 e. The maximum atomic E-state index is 13.5. The SMILES string of the molecule is CC1(C)C2CCC1(CS(=O)(=O)NC(Cc1ccccc1)C(=O)Nc1nnc(-c3cccc(Br)c3)s1)C(=O)C2. The third kappa shape index (κ3) is 5.21. The van der Waals surface area contributed by atoms with Gasteiger partial charge in [-0.15, -0.1) is 10.2 Å². The molecule has 2 bridgehead atoms. The molecule has 200 valence electrons. The van der Waals surface area contributed by atoms with Gasteiger partial charge in [-0.3, -0.25) is 14.9 Å². The normalized spacial score (nSPS) is 22.9. The number of sulfonamides is 1. The van der Waals surface area contributed by atoms with Crippen LogP contribution < -0.4 is 10.0 Å². The Morgan fingerprint density at radius 2 is 1.92 bits per heavy atom. The zero-order valence-corrected chi connectivity index (χ0v) is 24.3. The first-order chi connectivity index (χ1) is 18.0. The number of fused-ring (bicyclic) bond motifs is 2. The predicted molar refractivity (Wildman–Crippen MR) is 151 cm³/mol. The predicted octanol–water partition coefficient (Wildman–Crippen LogP) is 4.83. The van der Waals surface area contributed by atoms with Gasteiger partial charge < -0.3 is 0 Å². The summed E-state index contributed by atoms with van der Waals surface area (Å²) in [5, 5.41) is 11.9. The van der Waals surface area contributed by atoms with Crippen LogP contribution in [0.15, 0.2) is 59.1 Å². The second-order valence-corrected chi connectivity index (χ2v) is 14.3. The molecule has 3 atom stereocenters. The number of ketones is 1. The van der Waals surface area contributed by atoms with Crippen molar-refractivity contribution in [3.05, 3.63) is 64.6 Å². The fourth-order valence-electron chi connectivity index (χ4n) is 5.93. The molecule has 38 heavy (non-hydrogen) atoms. The van der Waals surface area contributed by atoms with Crippen LogP contribution in [0.4, 0.5) is 5.13 Å². The first kappa shape index (κ1) is 27.1. The molecule has 2 N–H and O–H groups in total. The number of hydrogen-bond donors (Lipinski definition) is 2. The van der Waals surface area contributed by atoms with E-state index < -0.39 is 32.8 Å². The van der Waals surface area contributed by atoms with E-state index in [1.807, 2.05) is 68.4 Å². The van der Waals surface area contributed by atoms with Crippen molar-refractivity contribution in [3.8, 4) is 10.6 Å². The number of hydrogen-bond acceptors (Lipinski definition) is 7. The number of halogens is 1. The summed E-state index contributed by atoms with van der Waals surface area (Å²) >= 11 is 4.64. The van der Waals surface area contributed by atoms with E-state index in [0.29, 0.717) is 17.8 Å². The van der Waals surface area contributed by atoms with E-state index in [2.05, 4.69) is 36.2 Å². The molecule has 0 spiro atoms. The molecule has 1 aromatic heterocycles. The van der Waals surface area contributed by atoms with Crippen LogP contribution in [0.3, 0.4) is 0 Å². The number of nitrogens with one attached hydrogen (secondary N) is 2. The Labute approximate surface area is 234 Å². The van der Waals surface area contributed by atoms with Crippen molar-refractivity contribution in [2.75, 3.05) is 11.1 Å². The van der Waals surface area contributed by atoms with Gasteiger partial charge in [0.2, 0.25) is 21.1 Å². The standard InChI is InChI=1S/C27H29BrN4O4S2/c1-26(2)19-11-12-27(26,22(33)15-19)16-38(35,36)32-21(13-17-7-4-3-5-8-17)23(34)29-25-31-30-24(37-25)18-9-6-10-20(28)14-18/h3-10,14,19,21,32H,11-13,15-16H2,1-2H3,(H,29,31,34). The quantitative estimate of drug-likeness (QED) is 0.355. The van der Waals surface area contributed by atoms with E-state index in [1.165, 1.54) is 11.3 Å². The van der Waals surface area contributed by atoms with Gasteiger partial charge in [-0.2, -0.15) is 0 Å². The molecular formula is C27H29BrN4O4S2. The molecule has 2 aliphatic rings. The van der Waals surface area contributed by atoms with E-state index in [-0.39, 0.29) is 29.0 Å². The first-order valence-corrected chi connectivity index (χ1v) is 15.7. The van der Waals surface area contributed by atoms with E-state index in [1.54, 1.807) is 0 Å². The largest absolute Gasteiger partial charge is 0.299 e. The summed E-state index contributed by atoms with van der Waals surface area (Å²) in [7, 11) is -3.98. The van der Waals surface area contributed by atoms with Crippen molar-refractivity contribution >= 4 is 54.1 Å². The topological polar surface area (TPSA) is 118 Å². The minimum absolute atomic E-state index is 0.0159. The summed E-state index contributed by atoms with van der Waals surface area (Å²) in [4.78, 5) is 26.4. The molecule has 1 heterocycles. The Bertz CT molecular complexity index is 1470. The van der Waals surface area contributed by atoms with Gasteiger partial charge in [-0.1, -0.05) is 83.6 Å². The number of rotatable bonds is 9. The average Bonchev–Trinajstić information content (AvgIpc) is 3.47. The van der Waals surface area contributed by atoms with Crippen LogP contribution in [-0.4, -0.2) is 42.1 Å². The van der Waals surface area contributed by atoms with Gasteiger partial charge in [0.25, 0.3) is 0 Å². The Morgan fingerprint density at radius 3 is 2.58 bits per heavy atom. The minimum atomic E-state index is -3.98. The molecule has 11 heteroatoms. The molecule has 3 unspecified atom stereocenters. The summed E-state index contributed by atoms with van der Waals surface area (Å²) in [6.45, 7) is 4.00. The van der Waals surface area contributed by atoms with Crippen LogP contribution in [-0.2, 0) is 26.0 Å². The Balaban J connectivity index is 1.36. The van der Waals surface area contributed by atoms with E-state index >= 15 is 0 Å². The second kappa shape index (κ2) is 10.3. The summed E-state index contributed by atoms with van der Waals surface area (Å²) in [6.07, 6.45) is 1.98. The van der Waals surface area contributed by atoms with Gasteiger partial charge >= 0.3 is 0 Å². The zero-order chi connectivity index (χ0) is 27.1. The van der Waals surface area contributed by atoms with Gasteiger partial charge in [0.15, 0.2) is 0 Å². The number of anilines is 1. The van der Waals surface area contributed by atoms with E-state index in [0.717, 1.165) is 22.0 Å². The lowest BCUT2D eigenvalue weighted by Gasteiger charge is -2.36. The minimum Gasteiger partial charge on any atom is -0.299 e.